The second-order valence-corrected chi connectivity index (χ2v) is 6.86. The minimum atomic E-state index is -6.12. The van der Waals surface area contributed by atoms with E-state index in [1.807, 2.05) is 0 Å². The van der Waals surface area contributed by atoms with E-state index >= 15 is 0 Å². The molecular weight excluding hydrogens is 399 g/mol. The van der Waals surface area contributed by atoms with Gasteiger partial charge in [-0.25, -0.2) is 4.39 Å². The van der Waals surface area contributed by atoms with Gasteiger partial charge in [0, 0.05) is 24.4 Å². The normalized spacial score (nSPS) is 12.4. The Hall–Kier alpha value is -2.21. The fourth-order valence-corrected chi connectivity index (χ4v) is 2.68. The Kier molecular flexibility index (Phi) is 6.10. The molecule has 2 rings (SSSR count). The molecule has 0 unspecified atom stereocenters. The van der Waals surface area contributed by atoms with Gasteiger partial charge in [0.05, 0.1) is 18.8 Å². The molecule has 0 radical (unpaired) electrons. The first-order valence-corrected chi connectivity index (χ1v) is 8.97. The molecule has 12 heteroatoms. The lowest BCUT2D eigenvalue weighted by molar-refractivity contribution is -0.0501. The Labute approximate surface area is 151 Å². The zero-order valence-electron chi connectivity index (χ0n) is 14.2. The number of aryl methyl sites for hydroxylation is 1. The highest BCUT2D eigenvalue weighted by Gasteiger charge is 2.49. The summed E-state index contributed by atoms with van der Waals surface area (Å²) < 4.78 is 97.6. The Bertz CT molecular complexity index is 925. The summed E-state index contributed by atoms with van der Waals surface area (Å²) in [5, 5.41) is 4.20. The van der Waals surface area contributed by atoms with Crippen molar-refractivity contribution in [2.45, 2.75) is 25.4 Å². The van der Waals surface area contributed by atoms with Crippen molar-refractivity contribution in [3.05, 3.63) is 35.7 Å². The number of rotatable bonds is 7. The fourth-order valence-electron chi connectivity index (χ4n) is 2.22. The first-order chi connectivity index (χ1) is 12.5. The minimum Gasteiger partial charge on any atom is -0.383 e. The predicted octanol–water partition coefficient (Wildman–Crippen LogP) is 3.27. The average Bonchev–Trinajstić information content (AvgIpc) is 2.99. The van der Waals surface area contributed by atoms with Crippen molar-refractivity contribution >= 4 is 10.1 Å². The van der Waals surface area contributed by atoms with Gasteiger partial charge >= 0.3 is 15.6 Å². The Morgan fingerprint density at radius 3 is 2.37 bits per heavy atom. The first-order valence-electron chi connectivity index (χ1n) is 7.56. The number of benzene rings is 1. The van der Waals surface area contributed by atoms with Gasteiger partial charge in [0.2, 0.25) is 5.82 Å². The lowest BCUT2D eigenvalue weighted by Gasteiger charge is -2.11. The SMILES string of the molecule is CCc1nn(CCOC)cc1-c1ccc(OS(=O)(=O)C(F)(F)F)c(F)c1F. The number of hydrogen-bond acceptors (Lipinski definition) is 5. The molecule has 1 heterocycles. The average molecular weight is 414 g/mol. The van der Waals surface area contributed by atoms with E-state index in [4.69, 9.17) is 4.74 Å². The van der Waals surface area contributed by atoms with Crippen molar-refractivity contribution < 1.29 is 39.3 Å². The molecule has 0 aliphatic heterocycles. The monoisotopic (exact) mass is 414 g/mol. The van der Waals surface area contributed by atoms with Gasteiger partial charge in [0.1, 0.15) is 0 Å². The number of methoxy groups -OCH3 is 1. The van der Waals surface area contributed by atoms with Gasteiger partial charge in [-0.05, 0) is 18.6 Å². The fraction of sp³-hybridized carbons (Fsp3) is 0.400. The number of ether oxygens (including phenoxy) is 1. The molecule has 1 aromatic heterocycles. The molecule has 27 heavy (non-hydrogen) atoms. The van der Waals surface area contributed by atoms with Crippen LogP contribution < -0.4 is 4.18 Å². The molecule has 150 valence electrons. The second-order valence-electron chi connectivity index (χ2n) is 5.32. The van der Waals surface area contributed by atoms with Crippen LogP contribution in [0.2, 0.25) is 0 Å². The van der Waals surface area contributed by atoms with Gasteiger partial charge in [-0.3, -0.25) is 4.68 Å². The van der Waals surface area contributed by atoms with Crippen LogP contribution in [0.25, 0.3) is 11.1 Å². The second kappa shape index (κ2) is 7.80. The number of aromatic nitrogens is 2. The van der Waals surface area contributed by atoms with E-state index in [0.717, 1.165) is 6.07 Å². The number of halogens is 5. The molecule has 0 atom stereocenters. The summed E-state index contributed by atoms with van der Waals surface area (Å²) >= 11 is 0. The largest absolute Gasteiger partial charge is 0.534 e. The molecule has 0 aliphatic carbocycles. The minimum absolute atomic E-state index is 0.218. The highest BCUT2D eigenvalue weighted by molar-refractivity contribution is 7.88. The van der Waals surface area contributed by atoms with Crippen molar-refractivity contribution in [3.63, 3.8) is 0 Å². The summed E-state index contributed by atoms with van der Waals surface area (Å²) in [5.74, 6) is -4.80. The summed E-state index contributed by atoms with van der Waals surface area (Å²) in [4.78, 5) is 0. The van der Waals surface area contributed by atoms with E-state index in [0.29, 0.717) is 31.3 Å². The zero-order valence-corrected chi connectivity index (χ0v) is 15.0. The molecule has 1 aromatic carbocycles. The van der Waals surface area contributed by atoms with E-state index < -0.39 is 33.0 Å². The zero-order chi connectivity index (χ0) is 20.4. The first kappa shape index (κ1) is 21.1. The maximum absolute atomic E-state index is 14.4. The molecule has 2 aromatic rings. The van der Waals surface area contributed by atoms with E-state index in [1.54, 1.807) is 6.92 Å². The molecule has 0 bridgehead atoms. The van der Waals surface area contributed by atoms with Crippen molar-refractivity contribution in [3.8, 4) is 16.9 Å². The van der Waals surface area contributed by atoms with Gasteiger partial charge in [-0.15, -0.1) is 0 Å². The third-order valence-electron chi connectivity index (χ3n) is 3.52. The van der Waals surface area contributed by atoms with Crippen LogP contribution >= 0.6 is 0 Å². The van der Waals surface area contributed by atoms with Gasteiger partial charge in [-0.1, -0.05) is 6.92 Å². The van der Waals surface area contributed by atoms with Crippen LogP contribution in [0.15, 0.2) is 18.3 Å². The van der Waals surface area contributed by atoms with E-state index in [-0.39, 0.29) is 11.1 Å². The quantitative estimate of drug-likeness (QED) is 0.395. The van der Waals surface area contributed by atoms with Crippen LogP contribution in [0.5, 0.6) is 5.75 Å². The van der Waals surface area contributed by atoms with Crippen molar-refractivity contribution in [2.75, 3.05) is 13.7 Å². The highest BCUT2D eigenvalue weighted by atomic mass is 32.2. The summed E-state index contributed by atoms with van der Waals surface area (Å²) in [6.45, 7) is 2.40. The number of alkyl halides is 3. The van der Waals surface area contributed by atoms with Crippen LogP contribution in [0.3, 0.4) is 0 Å². The van der Waals surface area contributed by atoms with Gasteiger partial charge < -0.3 is 8.92 Å². The predicted molar refractivity (Wildman–Crippen MR) is 84.4 cm³/mol. The van der Waals surface area contributed by atoms with Gasteiger partial charge in [-0.2, -0.15) is 31.1 Å². The van der Waals surface area contributed by atoms with E-state index in [1.165, 1.54) is 18.0 Å². The highest BCUT2D eigenvalue weighted by Crippen LogP contribution is 2.34. The molecule has 6 nitrogen and oxygen atoms in total. The molecule has 0 fully saturated rings. The summed E-state index contributed by atoms with van der Waals surface area (Å²) in [6, 6.07) is 1.54. The number of nitrogens with zero attached hydrogens (tertiary/aromatic N) is 2. The molecule has 0 saturated heterocycles. The standard InChI is InChI=1S/C15H15F5N2O4S/c1-3-11-10(8-22(21-11)6-7-25-2)9-4-5-12(14(17)13(9)16)26-27(23,24)15(18,19)20/h4-5,8H,3,6-7H2,1-2H3. The van der Waals surface area contributed by atoms with Crippen molar-refractivity contribution in [2.24, 2.45) is 0 Å². The summed E-state index contributed by atoms with van der Waals surface area (Å²) in [7, 11) is -4.64. The van der Waals surface area contributed by atoms with Crippen LogP contribution in [0, 0.1) is 11.6 Å². The van der Waals surface area contributed by atoms with Crippen LogP contribution in [0.4, 0.5) is 22.0 Å². The maximum Gasteiger partial charge on any atom is 0.534 e. The molecule has 0 saturated carbocycles. The Morgan fingerprint density at radius 2 is 1.81 bits per heavy atom. The summed E-state index contributed by atoms with van der Waals surface area (Å²) in [5.41, 5.74) is -5.42. The molecular formula is C15H15F5N2O4S. The molecule has 0 aliphatic rings. The van der Waals surface area contributed by atoms with Crippen molar-refractivity contribution in [1.29, 1.82) is 0 Å². The van der Waals surface area contributed by atoms with Crippen molar-refractivity contribution in [1.82, 2.24) is 9.78 Å². The van der Waals surface area contributed by atoms with Gasteiger partial charge in [0.15, 0.2) is 11.6 Å². The Morgan fingerprint density at radius 1 is 1.15 bits per heavy atom. The van der Waals surface area contributed by atoms with Crippen LogP contribution in [-0.2, 0) is 27.8 Å². The van der Waals surface area contributed by atoms with E-state index in [2.05, 4.69) is 9.28 Å². The van der Waals surface area contributed by atoms with Crippen LogP contribution in [0.1, 0.15) is 12.6 Å². The topological polar surface area (TPSA) is 70.4 Å². The molecule has 0 N–H and O–H groups in total. The van der Waals surface area contributed by atoms with E-state index in [9.17, 15) is 30.4 Å². The lowest BCUT2D eigenvalue weighted by atomic mass is 10.0. The maximum atomic E-state index is 14.4. The lowest BCUT2D eigenvalue weighted by Crippen LogP contribution is -2.28. The Balaban J connectivity index is 2.45. The number of hydrogen-bond donors (Lipinski definition) is 0. The smallest absolute Gasteiger partial charge is 0.383 e. The molecule has 0 amide bonds. The molecule has 0 spiro atoms. The third kappa shape index (κ3) is 4.38. The van der Waals surface area contributed by atoms with Gasteiger partial charge in [0.25, 0.3) is 0 Å². The van der Waals surface area contributed by atoms with Crippen LogP contribution in [-0.4, -0.2) is 37.4 Å². The summed E-state index contributed by atoms with van der Waals surface area (Å²) in [6.07, 6.45) is 1.81. The third-order valence-corrected chi connectivity index (χ3v) is 4.48.